The van der Waals surface area contributed by atoms with Crippen molar-refractivity contribution in [2.45, 2.75) is 64.5 Å². The van der Waals surface area contributed by atoms with Gasteiger partial charge in [-0.25, -0.2) is 0 Å². The number of methoxy groups -OCH3 is 1. The fraction of sp³-hybridized carbons (Fsp3) is 0.652. The Morgan fingerprint density at radius 1 is 1.17 bits per heavy atom. The highest BCUT2D eigenvalue weighted by Crippen LogP contribution is 2.20. The van der Waals surface area contributed by atoms with Crippen molar-refractivity contribution in [1.29, 1.82) is 0 Å². The average Bonchev–Trinajstić information content (AvgIpc) is 2.75. The second kappa shape index (κ2) is 13.9. The van der Waals surface area contributed by atoms with E-state index < -0.39 is 0 Å². The quantitative estimate of drug-likeness (QED) is 0.292. The summed E-state index contributed by atoms with van der Waals surface area (Å²) in [6.45, 7) is 4.50. The summed E-state index contributed by atoms with van der Waals surface area (Å²) in [7, 11) is 3.43. The van der Waals surface area contributed by atoms with Crippen molar-refractivity contribution in [3.63, 3.8) is 0 Å². The molecule has 30 heavy (non-hydrogen) atoms. The van der Waals surface area contributed by atoms with Crippen molar-refractivity contribution in [3.8, 4) is 5.75 Å². The lowest BCUT2D eigenvalue weighted by atomic mass is 9.95. The number of aliphatic imine (C=N–C) groups is 1. The van der Waals surface area contributed by atoms with Crippen LogP contribution in [0.15, 0.2) is 23.2 Å². The van der Waals surface area contributed by atoms with Crippen LogP contribution in [0.25, 0.3) is 0 Å². The van der Waals surface area contributed by atoms with Crippen LogP contribution in [-0.4, -0.2) is 51.8 Å². The molecule has 168 valence electrons. The number of nitrogens with one attached hydrogen (secondary N) is 3. The van der Waals surface area contributed by atoms with Gasteiger partial charge in [0.15, 0.2) is 5.96 Å². The Bertz CT molecular complexity index is 672. The molecule has 0 heterocycles. The largest absolute Gasteiger partial charge is 0.493 e. The van der Waals surface area contributed by atoms with Crippen molar-refractivity contribution in [2.75, 3.05) is 33.9 Å². The van der Waals surface area contributed by atoms with Gasteiger partial charge in [0.25, 0.3) is 0 Å². The number of hydrogen-bond acceptors (Lipinski definition) is 4. The molecule has 0 aromatic heterocycles. The molecule has 1 aliphatic carbocycles. The van der Waals surface area contributed by atoms with E-state index in [9.17, 15) is 4.79 Å². The lowest BCUT2D eigenvalue weighted by Crippen LogP contribution is -2.41. The summed E-state index contributed by atoms with van der Waals surface area (Å²) < 4.78 is 11.0. The monoisotopic (exact) mass is 418 g/mol. The highest BCUT2D eigenvalue weighted by molar-refractivity contribution is 5.81. The summed E-state index contributed by atoms with van der Waals surface area (Å²) in [5.41, 5.74) is 2.22. The molecule has 0 saturated heterocycles. The van der Waals surface area contributed by atoms with Crippen LogP contribution < -0.4 is 20.7 Å². The Morgan fingerprint density at radius 3 is 2.70 bits per heavy atom. The number of ether oxygens (including phenoxy) is 2. The fourth-order valence-electron chi connectivity index (χ4n) is 3.57. The normalized spacial score (nSPS) is 15.0. The molecule has 1 aromatic carbocycles. The minimum absolute atomic E-state index is 0.107. The van der Waals surface area contributed by atoms with Gasteiger partial charge >= 0.3 is 0 Å². The first-order chi connectivity index (χ1) is 14.6. The van der Waals surface area contributed by atoms with Gasteiger partial charge in [-0.1, -0.05) is 31.4 Å². The maximum Gasteiger partial charge on any atom is 0.221 e. The number of benzene rings is 1. The second-order valence-corrected chi connectivity index (χ2v) is 7.81. The second-order valence-electron chi connectivity index (χ2n) is 7.81. The molecule has 1 saturated carbocycles. The summed E-state index contributed by atoms with van der Waals surface area (Å²) in [5, 5.41) is 9.67. The zero-order valence-corrected chi connectivity index (χ0v) is 18.8. The van der Waals surface area contributed by atoms with E-state index >= 15 is 0 Å². The summed E-state index contributed by atoms with van der Waals surface area (Å²) in [5.74, 6) is 1.66. The number of carbonyl (C=O) groups is 1. The van der Waals surface area contributed by atoms with Gasteiger partial charge in [-0.3, -0.25) is 9.79 Å². The third-order valence-corrected chi connectivity index (χ3v) is 5.26. The molecular weight excluding hydrogens is 380 g/mol. The van der Waals surface area contributed by atoms with Crippen LogP contribution in [-0.2, 0) is 16.1 Å². The summed E-state index contributed by atoms with van der Waals surface area (Å²) in [6, 6.07) is 6.55. The Morgan fingerprint density at radius 2 is 1.97 bits per heavy atom. The van der Waals surface area contributed by atoms with Gasteiger partial charge in [-0.15, -0.1) is 0 Å². The van der Waals surface area contributed by atoms with Crippen molar-refractivity contribution in [1.82, 2.24) is 16.0 Å². The molecule has 2 rings (SSSR count). The summed E-state index contributed by atoms with van der Waals surface area (Å²) >= 11 is 0. The van der Waals surface area contributed by atoms with E-state index in [0.717, 1.165) is 36.1 Å². The molecular formula is C23H38N4O3. The fourth-order valence-corrected chi connectivity index (χ4v) is 3.57. The average molecular weight is 419 g/mol. The zero-order valence-electron chi connectivity index (χ0n) is 18.8. The number of aryl methyl sites for hydroxylation is 1. The molecule has 1 aromatic rings. The molecule has 0 unspecified atom stereocenters. The highest BCUT2D eigenvalue weighted by atomic mass is 16.5. The van der Waals surface area contributed by atoms with Crippen LogP contribution in [0.4, 0.5) is 0 Å². The number of rotatable bonds is 11. The molecule has 7 nitrogen and oxygen atoms in total. The molecule has 7 heteroatoms. The van der Waals surface area contributed by atoms with E-state index in [1.807, 2.05) is 0 Å². The van der Waals surface area contributed by atoms with Crippen LogP contribution in [0.5, 0.6) is 5.75 Å². The molecule has 1 amide bonds. The Hall–Kier alpha value is -2.28. The molecule has 0 atom stereocenters. The van der Waals surface area contributed by atoms with Gasteiger partial charge in [-0.2, -0.15) is 0 Å². The molecule has 0 spiro atoms. The first kappa shape index (κ1) is 24.0. The maximum atomic E-state index is 12.1. The van der Waals surface area contributed by atoms with Crippen LogP contribution in [0.1, 0.15) is 56.1 Å². The van der Waals surface area contributed by atoms with Crippen LogP contribution in [0, 0.1) is 6.92 Å². The molecule has 0 bridgehead atoms. The minimum atomic E-state index is 0.107. The predicted molar refractivity (Wildman–Crippen MR) is 121 cm³/mol. The Kier molecular flexibility index (Phi) is 11.1. The highest BCUT2D eigenvalue weighted by Gasteiger charge is 2.15. The van der Waals surface area contributed by atoms with Gasteiger partial charge in [0.05, 0.1) is 6.61 Å². The topological polar surface area (TPSA) is 84.0 Å². The van der Waals surface area contributed by atoms with Crippen LogP contribution >= 0.6 is 0 Å². The number of amides is 1. The third-order valence-electron chi connectivity index (χ3n) is 5.26. The first-order valence-electron chi connectivity index (χ1n) is 11.1. The summed E-state index contributed by atoms with van der Waals surface area (Å²) in [4.78, 5) is 16.4. The van der Waals surface area contributed by atoms with E-state index in [-0.39, 0.29) is 5.91 Å². The number of carbonyl (C=O) groups excluding carboxylic acids is 1. The number of guanidine groups is 1. The smallest absolute Gasteiger partial charge is 0.221 e. The standard InChI is InChI=1S/C23H38N4O3/c1-18-10-11-19(21(16-18)30-15-7-14-29-3)17-26-23(24-2)25-13-12-22(28)27-20-8-5-4-6-9-20/h10-11,16,20H,4-9,12-15,17H2,1-3H3,(H,27,28)(H2,24,25,26). The number of hydrogen-bond donors (Lipinski definition) is 3. The molecule has 0 radical (unpaired) electrons. The van der Waals surface area contributed by atoms with Gasteiger partial charge in [0.2, 0.25) is 5.91 Å². The summed E-state index contributed by atoms with van der Waals surface area (Å²) in [6.07, 6.45) is 7.23. The SMILES string of the molecule is CN=C(NCCC(=O)NC1CCCCC1)NCc1ccc(C)cc1OCCCOC. The Labute approximate surface area is 181 Å². The minimum Gasteiger partial charge on any atom is -0.493 e. The van der Waals surface area contributed by atoms with Crippen molar-refractivity contribution in [2.24, 2.45) is 4.99 Å². The van der Waals surface area contributed by atoms with Crippen LogP contribution in [0.2, 0.25) is 0 Å². The third kappa shape index (κ3) is 9.03. The van der Waals surface area contributed by atoms with Crippen molar-refractivity contribution in [3.05, 3.63) is 29.3 Å². The molecule has 1 aliphatic rings. The van der Waals surface area contributed by atoms with Gasteiger partial charge in [0, 0.05) is 58.3 Å². The molecule has 0 aliphatic heterocycles. The predicted octanol–water partition coefficient (Wildman–Crippen LogP) is 2.91. The van der Waals surface area contributed by atoms with E-state index in [1.165, 1.54) is 19.3 Å². The lowest BCUT2D eigenvalue weighted by molar-refractivity contribution is -0.121. The van der Waals surface area contributed by atoms with Crippen molar-refractivity contribution < 1.29 is 14.3 Å². The van der Waals surface area contributed by atoms with E-state index in [0.29, 0.717) is 44.7 Å². The van der Waals surface area contributed by atoms with E-state index in [1.54, 1.807) is 14.2 Å². The molecule has 3 N–H and O–H groups in total. The maximum absolute atomic E-state index is 12.1. The van der Waals surface area contributed by atoms with Gasteiger partial charge in [0.1, 0.15) is 5.75 Å². The zero-order chi connectivity index (χ0) is 21.6. The van der Waals surface area contributed by atoms with E-state index in [2.05, 4.69) is 46.1 Å². The van der Waals surface area contributed by atoms with Gasteiger partial charge < -0.3 is 25.4 Å². The van der Waals surface area contributed by atoms with Crippen molar-refractivity contribution >= 4 is 11.9 Å². The molecule has 1 fully saturated rings. The first-order valence-corrected chi connectivity index (χ1v) is 11.1. The Balaban J connectivity index is 1.74. The van der Waals surface area contributed by atoms with Gasteiger partial charge in [-0.05, 0) is 31.4 Å². The van der Waals surface area contributed by atoms with Crippen LogP contribution in [0.3, 0.4) is 0 Å². The van der Waals surface area contributed by atoms with E-state index in [4.69, 9.17) is 9.47 Å². The number of nitrogens with zero attached hydrogens (tertiary/aromatic N) is 1. The lowest BCUT2D eigenvalue weighted by Gasteiger charge is -2.22.